The molecule has 1 fully saturated rings. The Bertz CT molecular complexity index is 766. The quantitative estimate of drug-likeness (QED) is 0.857. The summed E-state index contributed by atoms with van der Waals surface area (Å²) in [5, 5.41) is 8.25. The SMILES string of the molecule is CC1(Cn2cc(C(=O)N3CCCc4ccccc4CC3)nn2)COC1. The second-order valence-electron chi connectivity index (χ2n) is 7.52. The maximum Gasteiger partial charge on any atom is 0.276 e. The first-order chi connectivity index (χ1) is 12.1. The third kappa shape index (κ3) is 3.44. The van der Waals surface area contributed by atoms with Crippen molar-refractivity contribution in [3.05, 3.63) is 47.3 Å². The molecule has 132 valence electrons. The summed E-state index contributed by atoms with van der Waals surface area (Å²) in [6, 6.07) is 8.53. The van der Waals surface area contributed by atoms with Crippen LogP contribution in [0.25, 0.3) is 0 Å². The van der Waals surface area contributed by atoms with Crippen molar-refractivity contribution in [1.29, 1.82) is 0 Å². The summed E-state index contributed by atoms with van der Waals surface area (Å²) in [7, 11) is 0. The lowest BCUT2D eigenvalue weighted by Crippen LogP contribution is -2.43. The van der Waals surface area contributed by atoms with Gasteiger partial charge in [-0.15, -0.1) is 5.10 Å². The summed E-state index contributed by atoms with van der Waals surface area (Å²) in [5.74, 6) is -0.0133. The van der Waals surface area contributed by atoms with Crippen molar-refractivity contribution in [1.82, 2.24) is 19.9 Å². The summed E-state index contributed by atoms with van der Waals surface area (Å²) >= 11 is 0. The fourth-order valence-electron chi connectivity index (χ4n) is 3.64. The zero-order chi connectivity index (χ0) is 17.3. The number of rotatable bonds is 3. The molecule has 6 nitrogen and oxygen atoms in total. The first-order valence-corrected chi connectivity index (χ1v) is 8.97. The number of carbonyl (C=O) groups excluding carboxylic acids is 1. The number of amides is 1. The van der Waals surface area contributed by atoms with Crippen molar-refractivity contribution in [3.63, 3.8) is 0 Å². The zero-order valence-electron chi connectivity index (χ0n) is 14.6. The first-order valence-electron chi connectivity index (χ1n) is 8.97. The molecule has 2 aromatic rings. The van der Waals surface area contributed by atoms with Gasteiger partial charge >= 0.3 is 0 Å². The molecule has 0 unspecified atom stereocenters. The molecule has 25 heavy (non-hydrogen) atoms. The second kappa shape index (κ2) is 6.59. The van der Waals surface area contributed by atoms with Gasteiger partial charge in [0.15, 0.2) is 5.69 Å². The Morgan fingerprint density at radius 2 is 1.96 bits per heavy atom. The topological polar surface area (TPSA) is 60.2 Å². The van der Waals surface area contributed by atoms with E-state index in [1.54, 1.807) is 10.9 Å². The summed E-state index contributed by atoms with van der Waals surface area (Å²) in [5.41, 5.74) is 3.31. The van der Waals surface area contributed by atoms with Crippen molar-refractivity contribution >= 4 is 5.91 Å². The van der Waals surface area contributed by atoms with E-state index in [0.717, 1.165) is 52.1 Å². The summed E-state index contributed by atoms with van der Waals surface area (Å²) in [6.07, 6.45) is 4.67. The molecule has 0 radical (unpaired) electrons. The number of aryl methyl sites for hydroxylation is 1. The van der Waals surface area contributed by atoms with Crippen LogP contribution in [0.4, 0.5) is 0 Å². The highest BCUT2D eigenvalue weighted by atomic mass is 16.5. The van der Waals surface area contributed by atoms with Gasteiger partial charge in [0.25, 0.3) is 5.91 Å². The van der Waals surface area contributed by atoms with Crippen LogP contribution in [0.15, 0.2) is 30.5 Å². The maximum atomic E-state index is 12.8. The number of carbonyl (C=O) groups is 1. The molecular weight excluding hydrogens is 316 g/mol. The van der Waals surface area contributed by atoms with Gasteiger partial charge in [-0.05, 0) is 30.4 Å². The lowest BCUT2D eigenvalue weighted by atomic mass is 9.89. The fourth-order valence-corrected chi connectivity index (χ4v) is 3.64. The van der Waals surface area contributed by atoms with Gasteiger partial charge in [0.1, 0.15) is 0 Å². The number of ether oxygens (including phenoxy) is 1. The molecule has 0 atom stereocenters. The van der Waals surface area contributed by atoms with Crippen molar-refractivity contribution in [3.8, 4) is 0 Å². The van der Waals surface area contributed by atoms with Crippen LogP contribution in [0.5, 0.6) is 0 Å². The Labute approximate surface area is 147 Å². The molecule has 1 aromatic heterocycles. The minimum atomic E-state index is -0.0133. The predicted octanol–water partition coefficient (Wildman–Crippen LogP) is 1.95. The molecule has 0 aliphatic carbocycles. The molecule has 1 amide bonds. The molecule has 4 rings (SSSR count). The first kappa shape index (κ1) is 16.3. The Balaban J connectivity index is 1.43. The van der Waals surface area contributed by atoms with Gasteiger partial charge in [0, 0.05) is 18.5 Å². The van der Waals surface area contributed by atoms with E-state index in [9.17, 15) is 4.79 Å². The van der Waals surface area contributed by atoms with Gasteiger partial charge in [-0.1, -0.05) is 36.4 Å². The Kier molecular flexibility index (Phi) is 4.29. The minimum absolute atomic E-state index is 0.0133. The summed E-state index contributed by atoms with van der Waals surface area (Å²) in [4.78, 5) is 14.7. The van der Waals surface area contributed by atoms with E-state index in [1.807, 2.05) is 4.90 Å². The standard InChI is InChI=1S/C19H24N4O2/c1-19(13-25-14-19)12-23-11-17(20-21-23)18(24)22-9-4-7-15-5-2-3-6-16(15)8-10-22/h2-3,5-6,11H,4,7-10,12-14H2,1H3. The van der Waals surface area contributed by atoms with Gasteiger partial charge in [0.2, 0.25) is 0 Å². The molecule has 2 aliphatic heterocycles. The van der Waals surface area contributed by atoms with Crippen LogP contribution in [0.2, 0.25) is 0 Å². The van der Waals surface area contributed by atoms with Gasteiger partial charge in [-0.25, -0.2) is 0 Å². The van der Waals surface area contributed by atoms with Crippen molar-refractivity contribution < 1.29 is 9.53 Å². The molecule has 2 aliphatic rings. The summed E-state index contributed by atoms with van der Waals surface area (Å²) < 4.78 is 7.05. The Morgan fingerprint density at radius 3 is 2.68 bits per heavy atom. The summed E-state index contributed by atoms with van der Waals surface area (Å²) in [6.45, 7) is 5.87. The van der Waals surface area contributed by atoms with Gasteiger partial charge in [-0.2, -0.15) is 0 Å². The van der Waals surface area contributed by atoms with Crippen LogP contribution >= 0.6 is 0 Å². The predicted molar refractivity (Wildman–Crippen MR) is 93.3 cm³/mol. The minimum Gasteiger partial charge on any atom is -0.380 e. The molecule has 3 heterocycles. The van der Waals surface area contributed by atoms with E-state index >= 15 is 0 Å². The van der Waals surface area contributed by atoms with Crippen molar-refractivity contribution in [2.24, 2.45) is 5.41 Å². The van der Waals surface area contributed by atoms with E-state index < -0.39 is 0 Å². The molecule has 0 bridgehead atoms. The molecule has 0 N–H and O–H groups in total. The molecule has 0 spiro atoms. The van der Waals surface area contributed by atoms with Crippen LogP contribution in [0.1, 0.15) is 35.0 Å². The van der Waals surface area contributed by atoms with Crippen LogP contribution in [-0.2, 0) is 24.1 Å². The fraction of sp³-hybridized carbons (Fsp3) is 0.526. The monoisotopic (exact) mass is 340 g/mol. The number of hydrogen-bond donors (Lipinski definition) is 0. The highest BCUT2D eigenvalue weighted by Crippen LogP contribution is 2.28. The number of aromatic nitrogens is 3. The Hall–Kier alpha value is -2.21. The number of benzene rings is 1. The number of fused-ring (bicyclic) bond motifs is 1. The van der Waals surface area contributed by atoms with Crippen LogP contribution in [-0.4, -0.2) is 52.1 Å². The normalized spacial score (nSPS) is 19.5. The zero-order valence-corrected chi connectivity index (χ0v) is 14.6. The second-order valence-corrected chi connectivity index (χ2v) is 7.52. The highest BCUT2D eigenvalue weighted by Gasteiger charge is 2.34. The average molecular weight is 340 g/mol. The lowest BCUT2D eigenvalue weighted by Gasteiger charge is -2.37. The van der Waals surface area contributed by atoms with E-state index in [4.69, 9.17) is 4.74 Å². The van der Waals surface area contributed by atoms with Gasteiger partial charge in [-0.3, -0.25) is 9.48 Å². The van der Waals surface area contributed by atoms with Crippen LogP contribution < -0.4 is 0 Å². The Morgan fingerprint density at radius 1 is 1.20 bits per heavy atom. The van der Waals surface area contributed by atoms with E-state index in [2.05, 4.69) is 41.5 Å². The smallest absolute Gasteiger partial charge is 0.276 e. The molecular formula is C19H24N4O2. The maximum absolute atomic E-state index is 12.8. The van der Waals surface area contributed by atoms with Crippen molar-refractivity contribution in [2.45, 2.75) is 32.7 Å². The van der Waals surface area contributed by atoms with Crippen LogP contribution in [0, 0.1) is 5.41 Å². The molecule has 1 saturated heterocycles. The average Bonchev–Trinajstić information content (AvgIpc) is 3.02. The molecule has 6 heteroatoms. The lowest BCUT2D eigenvalue weighted by molar-refractivity contribution is -0.111. The van der Waals surface area contributed by atoms with Crippen LogP contribution in [0.3, 0.4) is 0 Å². The largest absolute Gasteiger partial charge is 0.380 e. The van der Waals surface area contributed by atoms with E-state index in [-0.39, 0.29) is 11.3 Å². The molecule has 0 saturated carbocycles. The van der Waals surface area contributed by atoms with E-state index in [0.29, 0.717) is 5.69 Å². The number of nitrogens with zero attached hydrogens (tertiary/aromatic N) is 4. The number of hydrogen-bond acceptors (Lipinski definition) is 4. The van der Waals surface area contributed by atoms with Gasteiger partial charge < -0.3 is 9.64 Å². The van der Waals surface area contributed by atoms with E-state index in [1.165, 1.54) is 11.1 Å². The third-order valence-electron chi connectivity index (χ3n) is 5.13. The van der Waals surface area contributed by atoms with Crippen molar-refractivity contribution in [2.75, 3.05) is 26.3 Å². The molecule has 1 aromatic carbocycles. The van der Waals surface area contributed by atoms with Gasteiger partial charge in [0.05, 0.1) is 26.0 Å². The highest BCUT2D eigenvalue weighted by molar-refractivity contribution is 5.91. The third-order valence-corrected chi connectivity index (χ3v) is 5.13.